The summed E-state index contributed by atoms with van der Waals surface area (Å²) < 4.78 is 42.7. The zero-order valence-corrected chi connectivity index (χ0v) is 13.0. The molecule has 0 unspecified atom stereocenters. The van der Waals surface area contributed by atoms with Gasteiger partial charge in [-0.3, -0.25) is 0 Å². The number of benzene rings is 2. The van der Waals surface area contributed by atoms with E-state index >= 15 is 0 Å². The highest BCUT2D eigenvalue weighted by Gasteiger charge is 2.06. The third-order valence-electron chi connectivity index (χ3n) is 2.12. The molecule has 0 N–H and O–H groups in total. The summed E-state index contributed by atoms with van der Waals surface area (Å²) in [5.74, 6) is -2.30. The summed E-state index contributed by atoms with van der Waals surface area (Å²) >= 11 is 6.14. The van der Waals surface area contributed by atoms with Gasteiger partial charge in [-0.1, -0.05) is 23.4 Å². The molecule has 0 bridgehead atoms. The summed E-state index contributed by atoms with van der Waals surface area (Å²) in [5, 5.41) is 7.54. The van der Waals surface area contributed by atoms with E-state index in [0.29, 0.717) is 22.4 Å². The Morgan fingerprint density at radius 3 is 2.23 bits per heavy atom. The molecule has 0 spiro atoms. The molecule has 0 saturated heterocycles. The number of nitriles is 1. The van der Waals surface area contributed by atoms with Crippen LogP contribution in [0.5, 0.6) is 11.5 Å². The van der Waals surface area contributed by atoms with Crippen molar-refractivity contribution in [1.29, 1.82) is 5.26 Å². The molecule has 0 fully saturated rings. The van der Waals surface area contributed by atoms with Crippen molar-refractivity contribution in [2.45, 2.75) is 17.6 Å². The second-order valence-corrected chi connectivity index (χ2v) is 5.28. The van der Waals surface area contributed by atoms with Gasteiger partial charge in [0.25, 0.3) is 5.76 Å². The maximum atomic E-state index is 13.1. The standard InChI is InChI=1S/C13H8ClF3OS.C2H3N/c14-8-5-9(15)7-11(6-8)18-10-1-3-12(4-2-10)19-13(16)17;1-2-3/h1-7,13H;1H3. The van der Waals surface area contributed by atoms with Crippen molar-refractivity contribution in [3.8, 4) is 17.6 Å². The minimum Gasteiger partial charge on any atom is -0.457 e. The SMILES string of the molecule is CC#N.Fc1cc(Cl)cc(Oc2ccc(SC(F)F)cc2)c1. The zero-order chi connectivity index (χ0) is 16.5. The molecule has 0 aliphatic rings. The molecule has 2 rings (SSSR count). The van der Waals surface area contributed by atoms with Crippen LogP contribution in [0.4, 0.5) is 13.2 Å². The third kappa shape index (κ3) is 6.74. The Labute approximate surface area is 135 Å². The predicted octanol–water partition coefficient (Wildman–Crippen LogP) is 6.12. The predicted molar refractivity (Wildman–Crippen MR) is 81.1 cm³/mol. The molecular weight excluding hydrogens is 335 g/mol. The van der Waals surface area contributed by atoms with Crippen LogP contribution >= 0.6 is 23.4 Å². The molecular formula is C15H11ClF3NOS. The van der Waals surface area contributed by atoms with Crippen molar-refractivity contribution in [1.82, 2.24) is 0 Å². The van der Waals surface area contributed by atoms with Crippen molar-refractivity contribution < 1.29 is 17.9 Å². The van der Waals surface area contributed by atoms with Crippen LogP contribution in [0.2, 0.25) is 5.02 Å². The molecule has 116 valence electrons. The molecule has 2 aromatic rings. The first kappa shape index (κ1) is 18.2. The lowest BCUT2D eigenvalue weighted by Gasteiger charge is -2.07. The topological polar surface area (TPSA) is 33.0 Å². The van der Waals surface area contributed by atoms with Crippen LogP contribution in [-0.4, -0.2) is 5.76 Å². The van der Waals surface area contributed by atoms with Crippen LogP contribution in [0.15, 0.2) is 47.4 Å². The monoisotopic (exact) mass is 345 g/mol. The van der Waals surface area contributed by atoms with E-state index in [0.717, 1.165) is 6.07 Å². The lowest BCUT2D eigenvalue weighted by atomic mass is 10.3. The molecule has 0 atom stereocenters. The minimum absolute atomic E-state index is 0.222. The average molecular weight is 346 g/mol. The van der Waals surface area contributed by atoms with E-state index in [1.165, 1.54) is 43.3 Å². The number of thioether (sulfide) groups is 1. The lowest BCUT2D eigenvalue weighted by Crippen LogP contribution is -1.86. The van der Waals surface area contributed by atoms with Gasteiger partial charge in [0.05, 0.1) is 6.07 Å². The summed E-state index contributed by atoms with van der Waals surface area (Å²) in [7, 11) is 0. The van der Waals surface area contributed by atoms with E-state index in [4.69, 9.17) is 21.6 Å². The lowest BCUT2D eigenvalue weighted by molar-refractivity contribution is 0.252. The van der Waals surface area contributed by atoms with Gasteiger partial charge in [-0.2, -0.15) is 14.0 Å². The average Bonchev–Trinajstić information content (AvgIpc) is 2.40. The molecule has 7 heteroatoms. The summed E-state index contributed by atoms with van der Waals surface area (Å²) in [5.41, 5.74) is 0. The number of hydrogen-bond acceptors (Lipinski definition) is 3. The fourth-order valence-electron chi connectivity index (χ4n) is 1.41. The fourth-order valence-corrected chi connectivity index (χ4v) is 2.12. The van der Waals surface area contributed by atoms with E-state index in [1.807, 2.05) is 0 Å². The van der Waals surface area contributed by atoms with Gasteiger partial charge in [0, 0.05) is 22.9 Å². The molecule has 0 aromatic heterocycles. The Bertz CT molecular complexity index is 624. The van der Waals surface area contributed by atoms with Crippen LogP contribution in [-0.2, 0) is 0 Å². The molecule has 0 amide bonds. The molecule has 22 heavy (non-hydrogen) atoms. The van der Waals surface area contributed by atoms with Crippen LogP contribution in [0.3, 0.4) is 0 Å². The maximum absolute atomic E-state index is 13.1. The van der Waals surface area contributed by atoms with E-state index in [1.54, 1.807) is 6.07 Å². The highest BCUT2D eigenvalue weighted by molar-refractivity contribution is 7.99. The summed E-state index contributed by atoms with van der Waals surface area (Å²) in [4.78, 5) is 0.430. The van der Waals surface area contributed by atoms with Gasteiger partial charge in [-0.05, 0) is 36.4 Å². The van der Waals surface area contributed by atoms with Crippen molar-refractivity contribution in [2.24, 2.45) is 0 Å². The maximum Gasteiger partial charge on any atom is 0.288 e. The molecule has 0 aliphatic carbocycles. The van der Waals surface area contributed by atoms with Crippen molar-refractivity contribution in [3.05, 3.63) is 53.3 Å². The highest BCUT2D eigenvalue weighted by atomic mass is 35.5. The van der Waals surface area contributed by atoms with Gasteiger partial charge >= 0.3 is 0 Å². The second kappa shape index (κ2) is 9.23. The summed E-state index contributed by atoms with van der Waals surface area (Å²) in [6.07, 6.45) is 0. The Morgan fingerprint density at radius 1 is 1.14 bits per heavy atom. The number of nitrogens with zero attached hydrogens (tertiary/aromatic N) is 1. The van der Waals surface area contributed by atoms with Gasteiger partial charge in [-0.15, -0.1) is 0 Å². The zero-order valence-electron chi connectivity index (χ0n) is 11.4. The first-order chi connectivity index (χ1) is 10.4. The largest absolute Gasteiger partial charge is 0.457 e. The van der Waals surface area contributed by atoms with E-state index < -0.39 is 11.6 Å². The molecule has 0 radical (unpaired) electrons. The fraction of sp³-hybridized carbons (Fsp3) is 0.133. The van der Waals surface area contributed by atoms with Crippen LogP contribution in [0.1, 0.15) is 6.92 Å². The molecule has 2 aromatic carbocycles. The Morgan fingerprint density at radius 2 is 1.73 bits per heavy atom. The van der Waals surface area contributed by atoms with Gasteiger partial charge in [-0.25, -0.2) is 4.39 Å². The second-order valence-electron chi connectivity index (χ2n) is 3.78. The van der Waals surface area contributed by atoms with E-state index in [9.17, 15) is 13.2 Å². The first-order valence-electron chi connectivity index (χ1n) is 5.94. The van der Waals surface area contributed by atoms with Crippen LogP contribution in [0.25, 0.3) is 0 Å². The van der Waals surface area contributed by atoms with Gasteiger partial charge in [0.1, 0.15) is 17.3 Å². The number of alkyl halides is 2. The first-order valence-corrected chi connectivity index (χ1v) is 7.20. The van der Waals surface area contributed by atoms with Gasteiger partial charge in [0.15, 0.2) is 0 Å². The Hall–Kier alpha value is -1.84. The van der Waals surface area contributed by atoms with E-state index in [-0.39, 0.29) is 10.8 Å². The number of ether oxygens (including phenoxy) is 1. The van der Waals surface area contributed by atoms with Gasteiger partial charge in [0.2, 0.25) is 0 Å². The Kier molecular flexibility index (Phi) is 7.64. The number of hydrogen-bond donors (Lipinski definition) is 0. The number of rotatable bonds is 4. The Balaban J connectivity index is 0.000000745. The van der Waals surface area contributed by atoms with Crippen molar-refractivity contribution >= 4 is 23.4 Å². The molecule has 0 aliphatic heterocycles. The molecule has 0 saturated carbocycles. The van der Waals surface area contributed by atoms with Crippen LogP contribution < -0.4 is 4.74 Å². The minimum atomic E-state index is -2.46. The highest BCUT2D eigenvalue weighted by Crippen LogP contribution is 2.29. The van der Waals surface area contributed by atoms with Crippen molar-refractivity contribution in [2.75, 3.05) is 0 Å². The summed E-state index contributed by atoms with van der Waals surface area (Å²) in [6, 6.07) is 11.6. The van der Waals surface area contributed by atoms with Gasteiger partial charge < -0.3 is 4.74 Å². The smallest absolute Gasteiger partial charge is 0.288 e. The number of halogens is 4. The third-order valence-corrected chi connectivity index (χ3v) is 3.06. The quantitative estimate of drug-likeness (QED) is 0.626. The van der Waals surface area contributed by atoms with Crippen molar-refractivity contribution in [3.63, 3.8) is 0 Å². The normalized spacial score (nSPS) is 9.68. The van der Waals surface area contributed by atoms with E-state index in [2.05, 4.69) is 0 Å². The molecule has 2 nitrogen and oxygen atoms in total. The molecule has 0 heterocycles. The summed E-state index contributed by atoms with van der Waals surface area (Å²) in [6.45, 7) is 1.43. The van der Waals surface area contributed by atoms with Crippen LogP contribution in [0, 0.1) is 17.1 Å².